The molecule has 1 nitrogen and oxygen atoms in total. The predicted molar refractivity (Wildman–Crippen MR) is 80.8 cm³/mol. The Morgan fingerprint density at radius 3 is 2.53 bits per heavy atom. The van der Waals surface area contributed by atoms with Gasteiger partial charge in [-0.05, 0) is 48.4 Å². The molecule has 2 rings (SSSR count). The van der Waals surface area contributed by atoms with Crippen molar-refractivity contribution < 1.29 is 4.74 Å². The fourth-order valence-corrected chi connectivity index (χ4v) is 2.39. The lowest BCUT2D eigenvalue weighted by Crippen LogP contribution is -1.95. The summed E-state index contributed by atoms with van der Waals surface area (Å²) in [6.07, 6.45) is 3.55. The third kappa shape index (κ3) is 4.13. The molecule has 0 fully saturated rings. The van der Waals surface area contributed by atoms with Crippen molar-refractivity contribution in [3.63, 3.8) is 0 Å². The number of rotatable bonds is 6. The maximum Gasteiger partial charge on any atom is 0.119 e. The lowest BCUT2D eigenvalue weighted by atomic mass is 9.94. The summed E-state index contributed by atoms with van der Waals surface area (Å²) in [4.78, 5) is 0. The monoisotopic (exact) mass is 254 g/mol. The molecule has 2 aromatic rings. The average molecular weight is 254 g/mol. The molecule has 0 radical (unpaired) electrons. The van der Waals surface area contributed by atoms with Crippen LogP contribution in [0.1, 0.15) is 36.8 Å². The molecule has 0 spiro atoms. The maximum absolute atomic E-state index is 5.25. The van der Waals surface area contributed by atoms with Gasteiger partial charge in [0.2, 0.25) is 0 Å². The van der Waals surface area contributed by atoms with Gasteiger partial charge < -0.3 is 4.74 Å². The summed E-state index contributed by atoms with van der Waals surface area (Å²) in [5.74, 6) is 1.58. The summed E-state index contributed by atoms with van der Waals surface area (Å²) in [5.41, 5.74) is 2.80. The van der Waals surface area contributed by atoms with Gasteiger partial charge in [0.15, 0.2) is 0 Å². The molecule has 0 saturated carbocycles. The van der Waals surface area contributed by atoms with Crippen LogP contribution in [0.2, 0.25) is 0 Å². The quantitative estimate of drug-likeness (QED) is 0.718. The molecule has 1 heteroatoms. The van der Waals surface area contributed by atoms with E-state index >= 15 is 0 Å². The van der Waals surface area contributed by atoms with Gasteiger partial charge in [-0.1, -0.05) is 49.4 Å². The predicted octanol–water partition coefficient (Wildman–Crippen LogP) is 4.82. The highest BCUT2D eigenvalue weighted by atomic mass is 16.5. The molecular weight excluding hydrogens is 232 g/mol. The Morgan fingerprint density at radius 1 is 1.00 bits per heavy atom. The van der Waals surface area contributed by atoms with E-state index in [9.17, 15) is 0 Å². The average Bonchev–Trinajstić information content (AvgIpc) is 2.48. The Hall–Kier alpha value is -1.76. The highest BCUT2D eigenvalue weighted by molar-refractivity contribution is 5.28. The van der Waals surface area contributed by atoms with Crippen molar-refractivity contribution in [2.75, 3.05) is 7.11 Å². The second-order valence-corrected chi connectivity index (χ2v) is 5.06. The van der Waals surface area contributed by atoms with Crippen LogP contribution >= 0.6 is 0 Å². The summed E-state index contributed by atoms with van der Waals surface area (Å²) in [7, 11) is 1.72. The minimum absolute atomic E-state index is 0.631. The van der Waals surface area contributed by atoms with Crippen LogP contribution in [-0.2, 0) is 6.42 Å². The second kappa shape index (κ2) is 6.98. The molecule has 1 atom stereocenters. The molecule has 100 valence electrons. The first-order valence-corrected chi connectivity index (χ1v) is 6.97. The van der Waals surface area contributed by atoms with E-state index in [1.807, 2.05) is 6.07 Å². The Morgan fingerprint density at radius 2 is 1.79 bits per heavy atom. The molecule has 0 aromatic heterocycles. The largest absolute Gasteiger partial charge is 0.497 e. The zero-order chi connectivity index (χ0) is 13.5. The number of hydrogen-bond acceptors (Lipinski definition) is 1. The van der Waals surface area contributed by atoms with Crippen molar-refractivity contribution in [1.82, 2.24) is 0 Å². The summed E-state index contributed by atoms with van der Waals surface area (Å²) < 4.78 is 5.25. The summed E-state index contributed by atoms with van der Waals surface area (Å²) >= 11 is 0. The molecule has 0 bridgehead atoms. The van der Waals surface area contributed by atoms with E-state index < -0.39 is 0 Å². The summed E-state index contributed by atoms with van der Waals surface area (Å²) in [6.45, 7) is 2.31. The van der Waals surface area contributed by atoms with Crippen LogP contribution in [0.15, 0.2) is 54.6 Å². The fraction of sp³-hybridized carbons (Fsp3) is 0.333. The smallest absolute Gasteiger partial charge is 0.119 e. The number of ether oxygens (including phenoxy) is 1. The molecule has 0 N–H and O–H groups in total. The Bertz CT molecular complexity index is 490. The standard InChI is InChI=1S/C18H22O/c1-15(17-11-4-3-5-12-17)8-6-9-16-10-7-13-18(14-16)19-2/h3-5,7,10-15H,6,8-9H2,1-2H3. The minimum Gasteiger partial charge on any atom is -0.497 e. The Kier molecular flexibility index (Phi) is 5.02. The molecule has 0 amide bonds. The van der Waals surface area contributed by atoms with Crippen LogP contribution in [0.25, 0.3) is 0 Å². The SMILES string of the molecule is COc1cccc(CCCC(C)c2ccccc2)c1. The van der Waals surface area contributed by atoms with E-state index in [2.05, 4.69) is 55.5 Å². The van der Waals surface area contributed by atoms with E-state index in [-0.39, 0.29) is 0 Å². The number of benzene rings is 2. The van der Waals surface area contributed by atoms with Crippen LogP contribution in [0.5, 0.6) is 5.75 Å². The van der Waals surface area contributed by atoms with Crippen LogP contribution < -0.4 is 4.74 Å². The first-order chi connectivity index (χ1) is 9.29. The van der Waals surface area contributed by atoms with Gasteiger partial charge in [0.25, 0.3) is 0 Å². The molecule has 0 saturated heterocycles. The van der Waals surface area contributed by atoms with E-state index in [1.165, 1.54) is 24.0 Å². The van der Waals surface area contributed by atoms with Crippen molar-refractivity contribution in [3.8, 4) is 5.75 Å². The van der Waals surface area contributed by atoms with E-state index in [0.29, 0.717) is 5.92 Å². The minimum atomic E-state index is 0.631. The van der Waals surface area contributed by atoms with Gasteiger partial charge in [0.1, 0.15) is 5.75 Å². The van der Waals surface area contributed by atoms with Crippen LogP contribution in [0, 0.1) is 0 Å². The van der Waals surface area contributed by atoms with Crippen molar-refractivity contribution >= 4 is 0 Å². The Balaban J connectivity index is 1.83. The van der Waals surface area contributed by atoms with Crippen LogP contribution in [-0.4, -0.2) is 7.11 Å². The third-order valence-corrected chi connectivity index (χ3v) is 3.61. The van der Waals surface area contributed by atoms with Crippen molar-refractivity contribution in [1.29, 1.82) is 0 Å². The van der Waals surface area contributed by atoms with E-state index in [4.69, 9.17) is 4.74 Å². The molecular formula is C18H22O. The van der Waals surface area contributed by atoms with Gasteiger partial charge >= 0.3 is 0 Å². The zero-order valence-corrected chi connectivity index (χ0v) is 11.8. The van der Waals surface area contributed by atoms with Gasteiger partial charge in [-0.15, -0.1) is 0 Å². The normalized spacial score (nSPS) is 12.1. The molecule has 0 aliphatic rings. The first kappa shape index (κ1) is 13.7. The van der Waals surface area contributed by atoms with E-state index in [1.54, 1.807) is 7.11 Å². The van der Waals surface area contributed by atoms with Crippen molar-refractivity contribution in [2.24, 2.45) is 0 Å². The van der Waals surface area contributed by atoms with E-state index in [0.717, 1.165) is 12.2 Å². The van der Waals surface area contributed by atoms with Crippen molar-refractivity contribution in [2.45, 2.75) is 32.1 Å². The molecule has 0 aliphatic heterocycles. The topological polar surface area (TPSA) is 9.23 Å². The third-order valence-electron chi connectivity index (χ3n) is 3.61. The van der Waals surface area contributed by atoms with Gasteiger partial charge in [-0.3, -0.25) is 0 Å². The lowest BCUT2D eigenvalue weighted by Gasteiger charge is -2.11. The highest BCUT2D eigenvalue weighted by Gasteiger charge is 2.04. The zero-order valence-electron chi connectivity index (χ0n) is 11.8. The summed E-state index contributed by atoms with van der Waals surface area (Å²) in [6, 6.07) is 19.1. The molecule has 0 heterocycles. The van der Waals surface area contributed by atoms with Gasteiger partial charge in [0, 0.05) is 0 Å². The van der Waals surface area contributed by atoms with Gasteiger partial charge in [-0.2, -0.15) is 0 Å². The Labute approximate surface area is 116 Å². The molecule has 0 aliphatic carbocycles. The molecule has 1 unspecified atom stereocenters. The number of aryl methyl sites for hydroxylation is 1. The fourth-order valence-electron chi connectivity index (χ4n) is 2.39. The first-order valence-electron chi connectivity index (χ1n) is 6.97. The summed E-state index contributed by atoms with van der Waals surface area (Å²) in [5, 5.41) is 0. The maximum atomic E-state index is 5.25. The number of hydrogen-bond donors (Lipinski definition) is 0. The highest BCUT2D eigenvalue weighted by Crippen LogP contribution is 2.22. The molecule has 2 aromatic carbocycles. The van der Waals surface area contributed by atoms with Crippen molar-refractivity contribution in [3.05, 3.63) is 65.7 Å². The second-order valence-electron chi connectivity index (χ2n) is 5.06. The van der Waals surface area contributed by atoms with Crippen LogP contribution in [0.4, 0.5) is 0 Å². The van der Waals surface area contributed by atoms with Gasteiger partial charge in [0.05, 0.1) is 7.11 Å². The van der Waals surface area contributed by atoms with Crippen LogP contribution in [0.3, 0.4) is 0 Å². The molecule has 19 heavy (non-hydrogen) atoms. The lowest BCUT2D eigenvalue weighted by molar-refractivity contribution is 0.414. The van der Waals surface area contributed by atoms with Gasteiger partial charge in [-0.25, -0.2) is 0 Å². The number of methoxy groups -OCH3 is 1.